The van der Waals surface area contributed by atoms with E-state index in [4.69, 9.17) is 0 Å². The van der Waals surface area contributed by atoms with Crippen LogP contribution in [0.3, 0.4) is 0 Å². The first-order valence-electron chi connectivity index (χ1n) is 8.98. The maximum Gasteiger partial charge on any atom is 0.321 e. The number of piperazine rings is 1. The van der Waals surface area contributed by atoms with Crippen LogP contribution in [0.4, 0.5) is 10.5 Å². The van der Waals surface area contributed by atoms with Crippen LogP contribution in [0.2, 0.25) is 0 Å². The predicted octanol–water partition coefficient (Wildman–Crippen LogP) is 3.15. The molecule has 2 aromatic rings. The Morgan fingerprint density at radius 2 is 1.48 bits per heavy atom. The Labute approximate surface area is 160 Å². The molecule has 1 fully saturated rings. The number of amides is 2. The fraction of sp³-hybridized carbons (Fsp3) is 0.350. The molecule has 1 saturated heterocycles. The molecule has 0 aliphatic carbocycles. The van der Waals surface area contributed by atoms with Gasteiger partial charge in [0.15, 0.2) is 0 Å². The number of hydrogen-bond donors (Lipinski definition) is 1. The van der Waals surface area contributed by atoms with Crippen LogP contribution in [-0.2, 0) is 10.0 Å². The standard InChI is InChI=1S/C20H25N3O3S/c1-15-13-16(2)19(17(3)14-15)27(25,26)23-11-9-22(10-12-23)20(24)21-18-7-5-4-6-8-18/h4-8,13-14H,9-12H2,1-3H3,(H,21,24). The van der Waals surface area contributed by atoms with E-state index in [1.807, 2.05) is 63.2 Å². The second-order valence-corrected chi connectivity index (χ2v) is 8.79. The molecule has 2 aromatic carbocycles. The molecule has 2 amide bonds. The summed E-state index contributed by atoms with van der Waals surface area (Å²) in [5.74, 6) is 0. The molecule has 27 heavy (non-hydrogen) atoms. The molecule has 0 aromatic heterocycles. The van der Waals surface area contributed by atoms with Crippen LogP contribution >= 0.6 is 0 Å². The van der Waals surface area contributed by atoms with E-state index < -0.39 is 10.0 Å². The number of para-hydroxylation sites is 1. The molecule has 3 rings (SSSR count). The SMILES string of the molecule is Cc1cc(C)c(S(=O)(=O)N2CCN(C(=O)Nc3ccccc3)CC2)c(C)c1. The zero-order valence-electron chi connectivity index (χ0n) is 15.9. The molecular weight excluding hydrogens is 362 g/mol. The molecule has 144 valence electrons. The summed E-state index contributed by atoms with van der Waals surface area (Å²) in [7, 11) is -3.57. The normalized spacial score (nSPS) is 15.6. The molecule has 0 radical (unpaired) electrons. The third-order valence-electron chi connectivity index (χ3n) is 4.75. The van der Waals surface area contributed by atoms with Gasteiger partial charge in [-0.3, -0.25) is 0 Å². The molecule has 7 heteroatoms. The lowest BCUT2D eigenvalue weighted by molar-refractivity contribution is 0.184. The van der Waals surface area contributed by atoms with Crippen LogP contribution in [0.15, 0.2) is 47.4 Å². The van der Waals surface area contributed by atoms with E-state index >= 15 is 0 Å². The van der Waals surface area contributed by atoms with Crippen molar-refractivity contribution in [2.24, 2.45) is 0 Å². The minimum absolute atomic E-state index is 0.207. The van der Waals surface area contributed by atoms with Crippen molar-refractivity contribution < 1.29 is 13.2 Å². The highest BCUT2D eigenvalue weighted by molar-refractivity contribution is 7.89. The number of hydrogen-bond acceptors (Lipinski definition) is 3. The monoisotopic (exact) mass is 387 g/mol. The highest BCUT2D eigenvalue weighted by atomic mass is 32.2. The van der Waals surface area contributed by atoms with Crippen molar-refractivity contribution in [3.05, 3.63) is 59.2 Å². The van der Waals surface area contributed by atoms with Crippen LogP contribution < -0.4 is 5.32 Å². The Morgan fingerprint density at radius 3 is 2.04 bits per heavy atom. The Morgan fingerprint density at radius 1 is 0.926 bits per heavy atom. The molecular formula is C20H25N3O3S. The lowest BCUT2D eigenvalue weighted by atomic mass is 10.1. The number of carbonyl (C=O) groups is 1. The van der Waals surface area contributed by atoms with E-state index in [1.165, 1.54) is 4.31 Å². The zero-order chi connectivity index (χ0) is 19.6. The van der Waals surface area contributed by atoms with Gasteiger partial charge in [0.2, 0.25) is 10.0 Å². The Hall–Kier alpha value is -2.38. The maximum atomic E-state index is 13.1. The number of aryl methyl sites for hydroxylation is 3. The number of urea groups is 1. The smallest absolute Gasteiger partial charge is 0.321 e. The summed E-state index contributed by atoms with van der Waals surface area (Å²) >= 11 is 0. The summed E-state index contributed by atoms with van der Waals surface area (Å²) in [6.07, 6.45) is 0. The summed E-state index contributed by atoms with van der Waals surface area (Å²) in [6, 6.07) is 12.8. The number of rotatable bonds is 3. The van der Waals surface area contributed by atoms with Crippen molar-refractivity contribution in [3.8, 4) is 0 Å². The fourth-order valence-electron chi connectivity index (χ4n) is 3.56. The van der Waals surface area contributed by atoms with Gasteiger partial charge in [-0.05, 0) is 44.0 Å². The lowest BCUT2D eigenvalue weighted by Crippen LogP contribution is -2.51. The Balaban J connectivity index is 1.69. The first-order chi connectivity index (χ1) is 12.8. The number of nitrogens with zero attached hydrogens (tertiary/aromatic N) is 2. The fourth-order valence-corrected chi connectivity index (χ4v) is 5.39. The Bertz CT molecular complexity index is 911. The predicted molar refractivity (Wildman–Crippen MR) is 106 cm³/mol. The van der Waals surface area contributed by atoms with Crippen LogP contribution in [-0.4, -0.2) is 49.8 Å². The van der Waals surface area contributed by atoms with Gasteiger partial charge in [0.1, 0.15) is 0 Å². The largest absolute Gasteiger partial charge is 0.322 e. The highest BCUT2D eigenvalue weighted by Crippen LogP contribution is 2.26. The van der Waals surface area contributed by atoms with Crippen LogP contribution in [0, 0.1) is 20.8 Å². The molecule has 0 saturated carbocycles. The van der Waals surface area contributed by atoms with E-state index in [2.05, 4.69) is 5.32 Å². The van der Waals surface area contributed by atoms with Crippen molar-refractivity contribution in [1.29, 1.82) is 0 Å². The van der Waals surface area contributed by atoms with Gasteiger partial charge in [-0.25, -0.2) is 13.2 Å². The quantitative estimate of drug-likeness (QED) is 0.880. The van der Waals surface area contributed by atoms with Crippen molar-refractivity contribution >= 4 is 21.7 Å². The molecule has 6 nitrogen and oxygen atoms in total. The number of anilines is 1. The summed E-state index contributed by atoms with van der Waals surface area (Å²) in [5, 5.41) is 2.84. The van der Waals surface area contributed by atoms with Gasteiger partial charge in [0.05, 0.1) is 4.90 Å². The molecule has 1 N–H and O–H groups in total. The highest BCUT2D eigenvalue weighted by Gasteiger charge is 2.32. The summed E-state index contributed by atoms with van der Waals surface area (Å²) < 4.78 is 27.7. The van der Waals surface area contributed by atoms with Crippen molar-refractivity contribution in [2.45, 2.75) is 25.7 Å². The molecule has 1 aliphatic rings. The minimum atomic E-state index is -3.57. The minimum Gasteiger partial charge on any atom is -0.322 e. The topological polar surface area (TPSA) is 69.7 Å². The molecule has 1 aliphatic heterocycles. The van der Waals surface area contributed by atoms with Gasteiger partial charge in [-0.2, -0.15) is 4.31 Å². The summed E-state index contributed by atoms with van der Waals surface area (Å²) in [5.41, 5.74) is 3.29. The number of benzene rings is 2. The van der Waals surface area contributed by atoms with Crippen molar-refractivity contribution in [2.75, 3.05) is 31.5 Å². The Kier molecular flexibility index (Phi) is 5.53. The molecule has 0 spiro atoms. The van der Waals surface area contributed by atoms with Crippen molar-refractivity contribution in [1.82, 2.24) is 9.21 Å². The van der Waals surface area contributed by atoms with Gasteiger partial charge in [-0.15, -0.1) is 0 Å². The lowest BCUT2D eigenvalue weighted by Gasteiger charge is -2.34. The van der Waals surface area contributed by atoms with Gasteiger partial charge < -0.3 is 10.2 Å². The van der Waals surface area contributed by atoms with Gasteiger partial charge in [0.25, 0.3) is 0 Å². The summed E-state index contributed by atoms with van der Waals surface area (Å²) in [6.45, 7) is 6.92. The third-order valence-corrected chi connectivity index (χ3v) is 6.96. The average molecular weight is 388 g/mol. The van der Waals surface area contributed by atoms with Crippen molar-refractivity contribution in [3.63, 3.8) is 0 Å². The van der Waals surface area contributed by atoms with E-state index in [9.17, 15) is 13.2 Å². The first kappa shape index (κ1) is 19.4. The van der Waals surface area contributed by atoms with E-state index in [-0.39, 0.29) is 19.1 Å². The average Bonchev–Trinajstić information content (AvgIpc) is 2.61. The van der Waals surface area contributed by atoms with Gasteiger partial charge >= 0.3 is 6.03 Å². The van der Waals surface area contributed by atoms with E-state index in [1.54, 1.807) is 4.90 Å². The zero-order valence-corrected chi connectivity index (χ0v) is 16.7. The molecule has 0 unspecified atom stereocenters. The number of carbonyl (C=O) groups excluding carboxylic acids is 1. The van der Waals surface area contributed by atoms with E-state index in [0.717, 1.165) is 22.4 Å². The van der Waals surface area contributed by atoms with E-state index in [0.29, 0.717) is 18.0 Å². The molecule has 1 heterocycles. The number of nitrogens with one attached hydrogen (secondary N) is 1. The van der Waals surface area contributed by atoms with Gasteiger partial charge in [-0.1, -0.05) is 35.9 Å². The van der Waals surface area contributed by atoms with Crippen LogP contribution in [0.5, 0.6) is 0 Å². The molecule has 0 atom stereocenters. The number of sulfonamides is 1. The van der Waals surface area contributed by atoms with Gasteiger partial charge in [0, 0.05) is 31.9 Å². The second-order valence-electron chi connectivity index (χ2n) is 6.92. The third kappa shape index (κ3) is 4.14. The van der Waals surface area contributed by atoms with Crippen LogP contribution in [0.25, 0.3) is 0 Å². The molecule has 0 bridgehead atoms. The maximum absolute atomic E-state index is 13.1. The first-order valence-corrected chi connectivity index (χ1v) is 10.4. The summed E-state index contributed by atoms with van der Waals surface area (Å²) in [4.78, 5) is 14.4. The van der Waals surface area contributed by atoms with Crippen LogP contribution in [0.1, 0.15) is 16.7 Å². The second kappa shape index (κ2) is 7.70.